The molecule has 2 rings (SSSR count). The predicted octanol–water partition coefficient (Wildman–Crippen LogP) is 4.36. The van der Waals surface area contributed by atoms with Crippen molar-refractivity contribution < 1.29 is 9.15 Å². The van der Waals surface area contributed by atoms with Crippen LogP contribution < -0.4 is 4.74 Å². The molecule has 7 heteroatoms. The minimum absolute atomic E-state index is 0.185. The Morgan fingerprint density at radius 2 is 2.22 bits per heavy atom. The molecule has 0 aliphatic carbocycles. The van der Waals surface area contributed by atoms with E-state index in [1.165, 1.54) is 0 Å². The van der Waals surface area contributed by atoms with Crippen molar-refractivity contribution in [1.82, 2.24) is 10.2 Å². The maximum absolute atomic E-state index is 5.85. The second-order valence-corrected chi connectivity index (χ2v) is 5.06. The molecule has 0 aliphatic rings. The SMILES string of the molecule is CC(Oc1ccc(Cl)cc1Br)c1nnc(CCl)o1. The highest BCUT2D eigenvalue weighted by Gasteiger charge is 2.16. The number of aromatic nitrogens is 2. The zero-order valence-corrected chi connectivity index (χ0v) is 12.5. The lowest BCUT2D eigenvalue weighted by Crippen LogP contribution is -2.03. The van der Waals surface area contributed by atoms with Crippen molar-refractivity contribution in [2.45, 2.75) is 18.9 Å². The van der Waals surface area contributed by atoms with Crippen molar-refractivity contribution in [1.29, 1.82) is 0 Å². The van der Waals surface area contributed by atoms with Gasteiger partial charge < -0.3 is 9.15 Å². The van der Waals surface area contributed by atoms with E-state index < -0.39 is 0 Å². The van der Waals surface area contributed by atoms with E-state index in [4.69, 9.17) is 32.4 Å². The summed E-state index contributed by atoms with van der Waals surface area (Å²) in [6, 6.07) is 5.26. The molecule has 1 aromatic carbocycles. The summed E-state index contributed by atoms with van der Waals surface area (Å²) in [6.07, 6.45) is -0.369. The summed E-state index contributed by atoms with van der Waals surface area (Å²) >= 11 is 14.8. The Bertz CT molecular complexity index is 548. The van der Waals surface area contributed by atoms with Crippen LogP contribution in [0, 0.1) is 0 Å². The Balaban J connectivity index is 2.13. The molecule has 0 amide bonds. The maximum atomic E-state index is 5.85. The predicted molar refractivity (Wildman–Crippen MR) is 72.1 cm³/mol. The average molecular weight is 352 g/mol. The van der Waals surface area contributed by atoms with Gasteiger partial charge in [-0.3, -0.25) is 0 Å². The second kappa shape index (κ2) is 5.91. The molecular weight excluding hydrogens is 343 g/mol. The fourth-order valence-electron chi connectivity index (χ4n) is 1.30. The molecule has 0 radical (unpaired) electrons. The van der Waals surface area contributed by atoms with E-state index in [1.807, 2.05) is 6.92 Å². The number of halogens is 3. The van der Waals surface area contributed by atoms with Crippen molar-refractivity contribution in [3.05, 3.63) is 39.5 Å². The average Bonchev–Trinajstić information content (AvgIpc) is 2.81. The lowest BCUT2D eigenvalue weighted by Gasteiger charge is -2.12. The Morgan fingerprint density at radius 1 is 1.44 bits per heavy atom. The number of benzene rings is 1. The van der Waals surface area contributed by atoms with E-state index in [9.17, 15) is 0 Å². The molecule has 96 valence electrons. The van der Waals surface area contributed by atoms with E-state index in [-0.39, 0.29) is 12.0 Å². The lowest BCUT2D eigenvalue weighted by molar-refractivity contribution is 0.185. The highest BCUT2D eigenvalue weighted by Crippen LogP contribution is 2.31. The molecule has 0 saturated heterocycles. The second-order valence-electron chi connectivity index (χ2n) is 3.50. The molecule has 18 heavy (non-hydrogen) atoms. The molecule has 1 aromatic heterocycles. The van der Waals surface area contributed by atoms with Gasteiger partial charge in [0.15, 0.2) is 6.10 Å². The van der Waals surface area contributed by atoms with Crippen LogP contribution in [-0.2, 0) is 5.88 Å². The van der Waals surface area contributed by atoms with Gasteiger partial charge in [0.25, 0.3) is 5.89 Å². The van der Waals surface area contributed by atoms with Crippen molar-refractivity contribution in [2.24, 2.45) is 0 Å². The van der Waals surface area contributed by atoms with Crippen LogP contribution in [0.1, 0.15) is 24.8 Å². The largest absolute Gasteiger partial charge is 0.480 e. The highest BCUT2D eigenvalue weighted by molar-refractivity contribution is 9.10. The van der Waals surface area contributed by atoms with Crippen LogP contribution >= 0.6 is 39.1 Å². The zero-order valence-electron chi connectivity index (χ0n) is 9.36. The molecule has 0 saturated carbocycles. The third-order valence-electron chi connectivity index (χ3n) is 2.14. The van der Waals surface area contributed by atoms with Gasteiger partial charge >= 0.3 is 0 Å². The van der Waals surface area contributed by atoms with Crippen LogP contribution in [0.15, 0.2) is 27.1 Å². The normalized spacial score (nSPS) is 12.4. The minimum Gasteiger partial charge on any atom is -0.480 e. The van der Waals surface area contributed by atoms with Crippen molar-refractivity contribution >= 4 is 39.1 Å². The van der Waals surface area contributed by atoms with Gasteiger partial charge in [0, 0.05) is 5.02 Å². The third-order valence-corrected chi connectivity index (χ3v) is 3.23. The third kappa shape index (κ3) is 3.16. The molecule has 0 fully saturated rings. The Labute approximate surface area is 122 Å². The maximum Gasteiger partial charge on any atom is 0.256 e. The first kappa shape index (κ1) is 13.6. The first-order valence-electron chi connectivity index (χ1n) is 5.10. The first-order chi connectivity index (χ1) is 8.60. The quantitative estimate of drug-likeness (QED) is 0.767. The molecule has 0 N–H and O–H groups in total. The summed E-state index contributed by atoms with van der Waals surface area (Å²) in [5.41, 5.74) is 0. The van der Waals surface area contributed by atoms with Crippen molar-refractivity contribution in [3.8, 4) is 5.75 Å². The standard InChI is InChI=1S/C11H9BrCl2N2O2/c1-6(11-16-15-10(5-13)18-11)17-9-3-2-7(14)4-8(9)12/h2-4,6H,5H2,1H3. The summed E-state index contributed by atoms with van der Waals surface area (Å²) in [7, 11) is 0. The van der Waals surface area contributed by atoms with Crippen LogP contribution in [0.2, 0.25) is 5.02 Å². The molecule has 0 spiro atoms. The van der Waals surface area contributed by atoms with Crippen LogP contribution in [-0.4, -0.2) is 10.2 Å². The van der Waals surface area contributed by atoms with Crippen LogP contribution in [0.25, 0.3) is 0 Å². The number of alkyl halides is 1. The van der Waals surface area contributed by atoms with Gasteiger partial charge in [-0.25, -0.2) is 0 Å². The molecule has 1 heterocycles. The molecule has 1 atom stereocenters. The van der Waals surface area contributed by atoms with Gasteiger partial charge in [0.1, 0.15) is 11.6 Å². The highest BCUT2D eigenvalue weighted by atomic mass is 79.9. The molecule has 0 bridgehead atoms. The summed E-state index contributed by atoms with van der Waals surface area (Å²) in [6.45, 7) is 1.81. The van der Waals surface area contributed by atoms with Crippen molar-refractivity contribution in [3.63, 3.8) is 0 Å². The number of hydrogen-bond acceptors (Lipinski definition) is 4. The zero-order chi connectivity index (χ0) is 13.1. The minimum atomic E-state index is -0.369. The van der Waals surface area contributed by atoms with Gasteiger partial charge in [-0.1, -0.05) is 11.6 Å². The first-order valence-corrected chi connectivity index (χ1v) is 6.80. The summed E-state index contributed by atoms with van der Waals surface area (Å²) in [4.78, 5) is 0. The fraction of sp³-hybridized carbons (Fsp3) is 0.273. The Morgan fingerprint density at radius 3 is 2.83 bits per heavy atom. The Hall–Kier alpha value is -0.780. The van der Waals surface area contributed by atoms with Gasteiger partial charge in [-0.05, 0) is 41.1 Å². The Kier molecular flexibility index (Phi) is 4.48. The fourth-order valence-corrected chi connectivity index (χ4v) is 2.18. The van der Waals surface area contributed by atoms with Crippen molar-refractivity contribution in [2.75, 3.05) is 0 Å². The number of nitrogens with zero attached hydrogens (tertiary/aromatic N) is 2. The van der Waals surface area contributed by atoms with Gasteiger partial charge in [-0.15, -0.1) is 21.8 Å². The summed E-state index contributed by atoms with van der Waals surface area (Å²) in [5, 5.41) is 8.26. The van der Waals surface area contributed by atoms with Crippen LogP contribution in [0.4, 0.5) is 0 Å². The number of rotatable bonds is 4. The van der Waals surface area contributed by atoms with Gasteiger partial charge in [0.05, 0.1) is 4.47 Å². The smallest absolute Gasteiger partial charge is 0.256 e. The number of ether oxygens (including phenoxy) is 1. The van der Waals surface area contributed by atoms with Gasteiger partial charge in [0.2, 0.25) is 5.89 Å². The molecule has 4 nitrogen and oxygen atoms in total. The number of hydrogen-bond donors (Lipinski definition) is 0. The van der Waals surface area contributed by atoms with Crippen LogP contribution in [0.3, 0.4) is 0 Å². The molecule has 1 unspecified atom stereocenters. The van der Waals surface area contributed by atoms with E-state index in [1.54, 1.807) is 18.2 Å². The monoisotopic (exact) mass is 350 g/mol. The topological polar surface area (TPSA) is 48.2 Å². The van der Waals surface area contributed by atoms with E-state index in [0.717, 1.165) is 4.47 Å². The van der Waals surface area contributed by atoms with E-state index in [2.05, 4.69) is 26.1 Å². The molecular formula is C11H9BrCl2N2O2. The lowest BCUT2D eigenvalue weighted by atomic mass is 10.3. The van der Waals surface area contributed by atoms with Gasteiger partial charge in [-0.2, -0.15) is 0 Å². The summed E-state index contributed by atoms with van der Waals surface area (Å²) in [5.74, 6) is 1.59. The molecule has 2 aromatic rings. The van der Waals surface area contributed by atoms with Crippen LogP contribution in [0.5, 0.6) is 5.75 Å². The van der Waals surface area contributed by atoms with E-state index >= 15 is 0 Å². The molecule has 0 aliphatic heterocycles. The van der Waals surface area contributed by atoms with E-state index in [0.29, 0.717) is 22.6 Å². The summed E-state index contributed by atoms with van der Waals surface area (Å²) < 4.78 is 11.8.